The quantitative estimate of drug-likeness (QED) is 0.530. The normalized spacial score (nSPS) is 12.8. The summed E-state index contributed by atoms with van der Waals surface area (Å²) in [6, 6.07) is 8.86. The molecule has 0 aliphatic heterocycles. The zero-order valence-corrected chi connectivity index (χ0v) is 17.0. The maximum Gasteiger partial charge on any atom is 0.230 e. The van der Waals surface area contributed by atoms with Crippen molar-refractivity contribution >= 4 is 28.4 Å². The maximum atomic E-state index is 14.0. The van der Waals surface area contributed by atoms with Gasteiger partial charge in [0.25, 0.3) is 0 Å². The molecule has 0 atom stereocenters. The van der Waals surface area contributed by atoms with Crippen LogP contribution in [-0.4, -0.2) is 25.4 Å². The lowest BCUT2D eigenvalue weighted by Crippen LogP contribution is -2.16. The molecule has 0 spiro atoms. The van der Waals surface area contributed by atoms with Gasteiger partial charge in [0.15, 0.2) is 5.82 Å². The number of pyridine rings is 1. The van der Waals surface area contributed by atoms with Crippen LogP contribution in [0.4, 0.5) is 15.9 Å². The Morgan fingerprint density at radius 3 is 2.77 bits per heavy atom. The zero-order valence-electron chi connectivity index (χ0n) is 17.0. The Balaban J connectivity index is 1.41. The first kappa shape index (κ1) is 19.2. The van der Waals surface area contributed by atoms with E-state index in [2.05, 4.69) is 24.8 Å². The lowest BCUT2D eigenvalue weighted by molar-refractivity contribution is -0.115. The molecule has 3 aromatic heterocycles. The molecule has 4 aromatic rings. The third-order valence-electron chi connectivity index (χ3n) is 5.61. The second kappa shape index (κ2) is 7.46. The predicted octanol–water partition coefficient (Wildman–Crippen LogP) is 3.52. The maximum absolute atomic E-state index is 14.0. The van der Waals surface area contributed by atoms with Gasteiger partial charge in [-0.3, -0.25) is 9.78 Å². The molecular weight excluding hydrogens is 395 g/mol. The summed E-state index contributed by atoms with van der Waals surface area (Å²) < 4.78 is 16.1. The Bertz CT molecular complexity index is 1310. The SMILES string of the molecule is Cc1cnc(CC(=O)Nc2ccc(-n3c4c(c5ncnc(N)c53)CCC4)cc2)c(F)c1. The molecular formula is C23H21FN6O. The van der Waals surface area contributed by atoms with Gasteiger partial charge in [-0.05, 0) is 67.6 Å². The van der Waals surface area contributed by atoms with Crippen molar-refractivity contribution in [2.75, 3.05) is 11.1 Å². The molecule has 1 amide bonds. The number of fused-ring (bicyclic) bond motifs is 3. The molecule has 3 N–H and O–H groups in total. The highest BCUT2D eigenvalue weighted by Gasteiger charge is 2.25. The average Bonchev–Trinajstić information content (AvgIpc) is 3.33. The summed E-state index contributed by atoms with van der Waals surface area (Å²) in [6.07, 6.45) is 5.95. The van der Waals surface area contributed by atoms with Crippen LogP contribution < -0.4 is 11.1 Å². The van der Waals surface area contributed by atoms with Crippen LogP contribution in [-0.2, 0) is 24.1 Å². The van der Waals surface area contributed by atoms with Crippen LogP contribution in [0.3, 0.4) is 0 Å². The number of rotatable bonds is 4. The second-order valence-corrected chi connectivity index (χ2v) is 7.78. The molecule has 7 nitrogen and oxygen atoms in total. The van der Waals surface area contributed by atoms with Crippen LogP contribution in [0.5, 0.6) is 0 Å². The third-order valence-corrected chi connectivity index (χ3v) is 5.61. The fourth-order valence-corrected chi connectivity index (χ4v) is 4.23. The van der Waals surface area contributed by atoms with Crippen molar-refractivity contribution < 1.29 is 9.18 Å². The molecule has 0 bridgehead atoms. The van der Waals surface area contributed by atoms with Crippen LogP contribution in [0.15, 0.2) is 42.9 Å². The van der Waals surface area contributed by atoms with Gasteiger partial charge in [-0.1, -0.05) is 0 Å². The Kier molecular flexibility index (Phi) is 4.62. The first-order chi connectivity index (χ1) is 15.0. The molecule has 0 fully saturated rings. The highest BCUT2D eigenvalue weighted by atomic mass is 19.1. The lowest BCUT2D eigenvalue weighted by atomic mass is 10.2. The van der Waals surface area contributed by atoms with E-state index in [9.17, 15) is 9.18 Å². The van der Waals surface area contributed by atoms with Crippen molar-refractivity contribution in [2.45, 2.75) is 32.6 Å². The summed E-state index contributed by atoms with van der Waals surface area (Å²) in [5, 5.41) is 2.80. The number of nitrogens with two attached hydrogens (primary N) is 1. The Hall–Kier alpha value is -3.81. The minimum Gasteiger partial charge on any atom is -0.382 e. The molecule has 8 heteroatoms. The smallest absolute Gasteiger partial charge is 0.230 e. The summed E-state index contributed by atoms with van der Waals surface area (Å²) in [7, 11) is 0. The van der Waals surface area contributed by atoms with Crippen LogP contribution >= 0.6 is 0 Å². The largest absolute Gasteiger partial charge is 0.382 e. The monoisotopic (exact) mass is 416 g/mol. The highest BCUT2D eigenvalue weighted by Crippen LogP contribution is 2.36. The van der Waals surface area contributed by atoms with Gasteiger partial charge in [0, 0.05) is 23.3 Å². The van der Waals surface area contributed by atoms with Gasteiger partial charge in [0.1, 0.15) is 17.7 Å². The number of carbonyl (C=O) groups is 1. The van der Waals surface area contributed by atoms with E-state index < -0.39 is 5.82 Å². The number of amides is 1. The van der Waals surface area contributed by atoms with Gasteiger partial charge >= 0.3 is 0 Å². The molecule has 0 saturated carbocycles. The van der Waals surface area contributed by atoms with E-state index in [1.54, 1.807) is 13.1 Å². The number of aryl methyl sites for hydroxylation is 2. The standard InChI is InChI=1S/C23H21FN6O/c1-13-9-17(24)18(26-11-13)10-20(31)29-14-5-7-15(8-6-14)30-19-4-2-3-16(19)21-22(30)23(25)28-12-27-21/h5-9,11-12H,2-4,10H2,1H3,(H,29,31)(H2,25,27,28). The van der Waals surface area contributed by atoms with E-state index in [0.717, 1.165) is 36.0 Å². The molecule has 1 aromatic carbocycles. The van der Waals surface area contributed by atoms with Crippen LogP contribution in [0, 0.1) is 12.7 Å². The van der Waals surface area contributed by atoms with Crippen molar-refractivity contribution in [1.82, 2.24) is 19.5 Å². The minimum absolute atomic E-state index is 0.127. The third kappa shape index (κ3) is 3.39. The summed E-state index contributed by atoms with van der Waals surface area (Å²) in [4.78, 5) is 25.0. The molecule has 3 heterocycles. The van der Waals surface area contributed by atoms with E-state index in [0.29, 0.717) is 17.1 Å². The fourth-order valence-electron chi connectivity index (χ4n) is 4.23. The first-order valence-electron chi connectivity index (χ1n) is 10.1. The number of benzene rings is 1. The molecule has 0 unspecified atom stereocenters. The lowest BCUT2D eigenvalue weighted by Gasteiger charge is -2.12. The van der Waals surface area contributed by atoms with Crippen molar-refractivity contribution in [3.8, 4) is 5.69 Å². The molecule has 0 saturated heterocycles. The van der Waals surface area contributed by atoms with Gasteiger partial charge in [-0.2, -0.15) is 0 Å². The Morgan fingerprint density at radius 1 is 1.19 bits per heavy atom. The number of hydrogen-bond donors (Lipinski definition) is 2. The van der Waals surface area contributed by atoms with E-state index >= 15 is 0 Å². The van der Waals surface area contributed by atoms with Gasteiger partial charge in [0.05, 0.1) is 17.6 Å². The number of anilines is 2. The molecule has 1 aliphatic rings. The highest BCUT2D eigenvalue weighted by molar-refractivity contribution is 5.93. The Labute approximate surface area is 178 Å². The van der Waals surface area contributed by atoms with E-state index in [-0.39, 0.29) is 18.0 Å². The van der Waals surface area contributed by atoms with Crippen molar-refractivity contribution in [3.05, 3.63) is 71.2 Å². The fraction of sp³-hybridized carbons (Fsp3) is 0.217. The van der Waals surface area contributed by atoms with E-state index in [1.807, 2.05) is 24.3 Å². The number of aromatic nitrogens is 4. The van der Waals surface area contributed by atoms with Gasteiger partial charge in [0.2, 0.25) is 5.91 Å². The topological polar surface area (TPSA) is 98.7 Å². The van der Waals surface area contributed by atoms with Gasteiger partial charge in [-0.25, -0.2) is 14.4 Å². The summed E-state index contributed by atoms with van der Waals surface area (Å²) in [5.74, 6) is -0.351. The van der Waals surface area contributed by atoms with Gasteiger partial charge in [-0.15, -0.1) is 0 Å². The number of carbonyl (C=O) groups excluding carboxylic acids is 1. The summed E-state index contributed by atoms with van der Waals surface area (Å²) in [5.41, 5.74) is 12.7. The number of nitrogens with one attached hydrogen (secondary N) is 1. The number of halogens is 1. The van der Waals surface area contributed by atoms with E-state index in [4.69, 9.17) is 5.73 Å². The van der Waals surface area contributed by atoms with E-state index in [1.165, 1.54) is 23.7 Å². The molecule has 156 valence electrons. The van der Waals surface area contributed by atoms with Crippen LogP contribution in [0.1, 0.15) is 28.9 Å². The average molecular weight is 416 g/mol. The van der Waals surface area contributed by atoms with Crippen LogP contribution in [0.2, 0.25) is 0 Å². The van der Waals surface area contributed by atoms with Crippen molar-refractivity contribution in [2.24, 2.45) is 0 Å². The predicted molar refractivity (Wildman–Crippen MR) is 117 cm³/mol. The summed E-state index contributed by atoms with van der Waals surface area (Å²) >= 11 is 0. The minimum atomic E-state index is -0.473. The number of hydrogen-bond acceptors (Lipinski definition) is 5. The Morgan fingerprint density at radius 2 is 2.00 bits per heavy atom. The zero-order chi connectivity index (χ0) is 21.5. The molecule has 0 radical (unpaired) electrons. The van der Waals surface area contributed by atoms with Crippen molar-refractivity contribution in [3.63, 3.8) is 0 Å². The van der Waals surface area contributed by atoms with Crippen LogP contribution in [0.25, 0.3) is 16.7 Å². The first-order valence-corrected chi connectivity index (χ1v) is 10.1. The molecule has 1 aliphatic carbocycles. The molecule has 5 rings (SSSR count). The summed E-state index contributed by atoms with van der Waals surface area (Å²) in [6.45, 7) is 1.75. The second-order valence-electron chi connectivity index (χ2n) is 7.78. The van der Waals surface area contributed by atoms with Gasteiger partial charge < -0.3 is 15.6 Å². The number of nitrogens with zero attached hydrogens (tertiary/aromatic N) is 4. The van der Waals surface area contributed by atoms with Crippen molar-refractivity contribution in [1.29, 1.82) is 0 Å². The molecule has 31 heavy (non-hydrogen) atoms. The number of nitrogen functional groups attached to an aromatic ring is 1.